The largest absolute Gasteiger partial charge is 0.351 e. The Labute approximate surface area is 151 Å². The van der Waals surface area contributed by atoms with Crippen LogP contribution in [0, 0.1) is 6.92 Å². The van der Waals surface area contributed by atoms with Gasteiger partial charge in [0.15, 0.2) is 0 Å². The first kappa shape index (κ1) is 22.9. The molecule has 0 spiro atoms. The fraction of sp³-hybridized carbons (Fsp3) is 0.562. The maximum Gasteiger partial charge on any atom is 0.251 e. The van der Waals surface area contributed by atoms with Gasteiger partial charge in [0, 0.05) is 31.7 Å². The van der Waals surface area contributed by atoms with E-state index in [1.807, 2.05) is 6.92 Å². The van der Waals surface area contributed by atoms with Gasteiger partial charge >= 0.3 is 0 Å². The zero-order chi connectivity index (χ0) is 17.5. The quantitative estimate of drug-likeness (QED) is 0.643. The Balaban J connectivity index is 0.00000529. The molecular formula is C16H28ClN3O3S. The molecule has 0 bridgehead atoms. The number of aryl methyl sites for hydroxylation is 1. The third-order valence-corrected chi connectivity index (χ3v) is 5.68. The highest BCUT2D eigenvalue weighted by molar-refractivity contribution is 7.89. The van der Waals surface area contributed by atoms with E-state index < -0.39 is 10.0 Å². The maximum atomic E-state index is 12.6. The van der Waals surface area contributed by atoms with Gasteiger partial charge < -0.3 is 10.6 Å². The Morgan fingerprint density at radius 3 is 2.29 bits per heavy atom. The molecule has 0 radical (unpaired) electrons. The van der Waals surface area contributed by atoms with Gasteiger partial charge in [-0.05, 0) is 31.2 Å². The summed E-state index contributed by atoms with van der Waals surface area (Å²) in [5, 5.41) is 5.92. The number of sulfonamides is 1. The summed E-state index contributed by atoms with van der Waals surface area (Å²) in [6, 6.07) is 4.69. The van der Waals surface area contributed by atoms with Crippen molar-refractivity contribution < 1.29 is 13.2 Å². The zero-order valence-corrected chi connectivity index (χ0v) is 16.4. The molecule has 0 unspecified atom stereocenters. The van der Waals surface area contributed by atoms with Crippen LogP contribution in [0.3, 0.4) is 0 Å². The second-order valence-electron chi connectivity index (χ2n) is 5.18. The first-order chi connectivity index (χ1) is 10.9. The van der Waals surface area contributed by atoms with Crippen molar-refractivity contribution in [1.29, 1.82) is 0 Å². The van der Waals surface area contributed by atoms with E-state index >= 15 is 0 Å². The predicted molar refractivity (Wildman–Crippen MR) is 99.4 cm³/mol. The molecule has 24 heavy (non-hydrogen) atoms. The fourth-order valence-electron chi connectivity index (χ4n) is 2.26. The van der Waals surface area contributed by atoms with Crippen LogP contribution in [0.5, 0.6) is 0 Å². The number of nitrogens with zero attached hydrogens (tertiary/aromatic N) is 1. The number of rotatable bonds is 9. The Morgan fingerprint density at radius 1 is 1.12 bits per heavy atom. The lowest BCUT2D eigenvalue weighted by molar-refractivity contribution is 0.0953. The average Bonchev–Trinajstić information content (AvgIpc) is 2.52. The minimum absolute atomic E-state index is 0. The SMILES string of the molecule is CCNCCNC(=O)c1cc(S(=O)(=O)N(CC)CC)ccc1C.Cl. The Hall–Kier alpha value is -1.15. The molecule has 0 aromatic heterocycles. The van der Waals surface area contributed by atoms with E-state index in [9.17, 15) is 13.2 Å². The summed E-state index contributed by atoms with van der Waals surface area (Å²) in [6.45, 7) is 10.2. The van der Waals surface area contributed by atoms with Gasteiger partial charge in [0.1, 0.15) is 0 Å². The molecule has 1 aromatic carbocycles. The van der Waals surface area contributed by atoms with Gasteiger partial charge in [-0.25, -0.2) is 8.42 Å². The van der Waals surface area contributed by atoms with Crippen LogP contribution in [0.4, 0.5) is 0 Å². The number of benzene rings is 1. The number of carbonyl (C=O) groups is 1. The summed E-state index contributed by atoms with van der Waals surface area (Å²) >= 11 is 0. The van der Waals surface area contributed by atoms with Crippen molar-refractivity contribution in [3.8, 4) is 0 Å². The van der Waals surface area contributed by atoms with Crippen LogP contribution in [0.15, 0.2) is 23.1 Å². The molecule has 1 rings (SSSR count). The molecule has 0 heterocycles. The second kappa shape index (κ2) is 10.7. The van der Waals surface area contributed by atoms with Gasteiger partial charge in [-0.2, -0.15) is 4.31 Å². The summed E-state index contributed by atoms with van der Waals surface area (Å²) in [5.41, 5.74) is 1.15. The van der Waals surface area contributed by atoms with Crippen LogP contribution in [0.25, 0.3) is 0 Å². The third-order valence-electron chi connectivity index (χ3n) is 3.63. The Bertz CT molecular complexity index is 631. The van der Waals surface area contributed by atoms with Crippen molar-refractivity contribution in [2.24, 2.45) is 0 Å². The van der Waals surface area contributed by atoms with Crippen molar-refractivity contribution in [2.75, 3.05) is 32.7 Å². The number of hydrogen-bond acceptors (Lipinski definition) is 4. The molecule has 0 fully saturated rings. The molecule has 0 atom stereocenters. The summed E-state index contributed by atoms with van der Waals surface area (Å²) in [4.78, 5) is 12.4. The van der Waals surface area contributed by atoms with Crippen LogP contribution in [-0.4, -0.2) is 51.4 Å². The highest BCUT2D eigenvalue weighted by Gasteiger charge is 2.23. The number of likely N-dealkylation sites (N-methyl/N-ethyl adjacent to an activating group) is 1. The van der Waals surface area contributed by atoms with E-state index in [0.29, 0.717) is 31.7 Å². The van der Waals surface area contributed by atoms with Gasteiger partial charge in [0.2, 0.25) is 10.0 Å². The third kappa shape index (κ3) is 5.73. The lowest BCUT2D eigenvalue weighted by Crippen LogP contribution is -2.33. The van der Waals surface area contributed by atoms with E-state index in [1.54, 1.807) is 32.9 Å². The molecule has 6 nitrogen and oxygen atoms in total. The molecular weight excluding hydrogens is 350 g/mol. The molecule has 0 saturated carbocycles. The molecule has 2 N–H and O–H groups in total. The minimum atomic E-state index is -3.56. The van der Waals surface area contributed by atoms with Crippen LogP contribution < -0.4 is 10.6 Å². The molecule has 0 aliphatic heterocycles. The highest BCUT2D eigenvalue weighted by atomic mass is 35.5. The van der Waals surface area contributed by atoms with Crippen LogP contribution in [0.2, 0.25) is 0 Å². The Kier molecular flexibility index (Phi) is 10.1. The fourth-order valence-corrected chi connectivity index (χ4v) is 3.74. The zero-order valence-electron chi connectivity index (χ0n) is 14.8. The first-order valence-electron chi connectivity index (χ1n) is 7.98. The lowest BCUT2D eigenvalue weighted by Gasteiger charge is -2.19. The van der Waals surface area contributed by atoms with Crippen LogP contribution >= 0.6 is 12.4 Å². The molecule has 138 valence electrons. The molecule has 1 aromatic rings. The molecule has 1 amide bonds. The topological polar surface area (TPSA) is 78.5 Å². The van der Waals surface area contributed by atoms with Gasteiger partial charge in [0.25, 0.3) is 5.91 Å². The summed E-state index contributed by atoms with van der Waals surface area (Å²) < 4.78 is 26.5. The summed E-state index contributed by atoms with van der Waals surface area (Å²) in [6.07, 6.45) is 0. The van der Waals surface area contributed by atoms with Crippen LogP contribution in [0.1, 0.15) is 36.7 Å². The normalized spacial score (nSPS) is 11.2. The van der Waals surface area contributed by atoms with E-state index in [2.05, 4.69) is 10.6 Å². The summed E-state index contributed by atoms with van der Waals surface area (Å²) in [7, 11) is -3.56. The predicted octanol–water partition coefficient (Wildman–Crippen LogP) is 1.79. The monoisotopic (exact) mass is 377 g/mol. The number of amides is 1. The number of nitrogens with one attached hydrogen (secondary N) is 2. The number of halogens is 1. The minimum Gasteiger partial charge on any atom is -0.351 e. The van der Waals surface area contributed by atoms with Crippen molar-refractivity contribution in [3.63, 3.8) is 0 Å². The van der Waals surface area contributed by atoms with Crippen LogP contribution in [-0.2, 0) is 10.0 Å². The number of carbonyl (C=O) groups excluding carboxylic acids is 1. The van der Waals surface area contributed by atoms with Gasteiger partial charge in [-0.15, -0.1) is 12.4 Å². The van der Waals surface area contributed by atoms with E-state index in [0.717, 1.165) is 12.1 Å². The number of hydrogen-bond donors (Lipinski definition) is 2. The first-order valence-corrected chi connectivity index (χ1v) is 9.42. The molecule has 0 saturated heterocycles. The standard InChI is InChI=1S/C16H27N3O3S.ClH/c1-5-17-10-11-18-16(20)15-12-14(9-8-13(15)4)23(21,22)19(6-2)7-3;/h8-9,12,17H,5-7,10-11H2,1-4H3,(H,18,20);1H. The molecule has 8 heteroatoms. The average molecular weight is 378 g/mol. The second-order valence-corrected chi connectivity index (χ2v) is 7.11. The van der Waals surface area contributed by atoms with Gasteiger partial charge in [-0.1, -0.05) is 26.8 Å². The maximum absolute atomic E-state index is 12.6. The van der Waals surface area contributed by atoms with Crippen molar-refractivity contribution in [3.05, 3.63) is 29.3 Å². The lowest BCUT2D eigenvalue weighted by atomic mass is 10.1. The summed E-state index contributed by atoms with van der Waals surface area (Å²) in [5.74, 6) is -0.253. The van der Waals surface area contributed by atoms with Crippen molar-refractivity contribution in [2.45, 2.75) is 32.6 Å². The van der Waals surface area contributed by atoms with Gasteiger partial charge in [-0.3, -0.25) is 4.79 Å². The van der Waals surface area contributed by atoms with Gasteiger partial charge in [0.05, 0.1) is 4.90 Å². The van der Waals surface area contributed by atoms with Crippen molar-refractivity contribution >= 4 is 28.3 Å². The highest BCUT2D eigenvalue weighted by Crippen LogP contribution is 2.19. The molecule has 0 aliphatic carbocycles. The van der Waals surface area contributed by atoms with Crippen molar-refractivity contribution in [1.82, 2.24) is 14.9 Å². The van der Waals surface area contributed by atoms with E-state index in [-0.39, 0.29) is 23.2 Å². The Morgan fingerprint density at radius 2 is 1.75 bits per heavy atom. The van der Waals surface area contributed by atoms with E-state index in [4.69, 9.17) is 0 Å². The smallest absolute Gasteiger partial charge is 0.251 e. The molecule has 0 aliphatic rings. The van der Waals surface area contributed by atoms with E-state index in [1.165, 1.54) is 10.4 Å².